The molecule has 1 heterocycles. The summed E-state index contributed by atoms with van der Waals surface area (Å²) in [4.78, 5) is 0. The fourth-order valence-electron chi connectivity index (χ4n) is 1.58. The van der Waals surface area contributed by atoms with Crippen LogP contribution in [-0.4, -0.2) is 17.9 Å². The van der Waals surface area contributed by atoms with Crippen LogP contribution in [0.3, 0.4) is 0 Å². The first-order valence-corrected chi connectivity index (χ1v) is 4.91. The lowest BCUT2D eigenvalue weighted by Gasteiger charge is -2.06. The maximum absolute atomic E-state index is 13.3. The lowest BCUT2D eigenvalue weighted by atomic mass is 9.79. The molecule has 18 heavy (non-hydrogen) atoms. The maximum atomic E-state index is 13.3. The number of nitrogens with zero attached hydrogens (tertiary/aromatic N) is 3. The van der Waals surface area contributed by atoms with E-state index in [0.717, 1.165) is 12.1 Å². The smallest absolute Gasteiger partial charge is 0.423 e. The first kappa shape index (κ1) is 12.1. The fraction of sp³-hybridized carbons (Fsp3) is 0.100. The number of hydrogen-bond acceptors (Lipinski definition) is 6. The van der Waals surface area contributed by atoms with Crippen LogP contribution in [0.1, 0.15) is 5.56 Å². The molecule has 2 N–H and O–H groups in total. The standard InChI is InChI=1S/C10H6BFN4O2/c12-6-1-9-8(5-18-11(9)17)10(2-6)16-15-7(3-13)4-14/h1-2,16-17H,5H2. The fourth-order valence-corrected chi connectivity index (χ4v) is 1.58. The normalized spacial score (nSPS) is 12.3. The van der Waals surface area contributed by atoms with Crippen molar-refractivity contribution in [1.29, 1.82) is 10.5 Å². The number of benzene rings is 1. The molecule has 0 radical (unpaired) electrons. The van der Waals surface area contributed by atoms with Crippen molar-refractivity contribution in [2.45, 2.75) is 6.61 Å². The quantitative estimate of drug-likeness (QED) is 0.428. The summed E-state index contributed by atoms with van der Waals surface area (Å²) in [6, 6.07) is 5.44. The van der Waals surface area contributed by atoms with Crippen molar-refractivity contribution in [1.82, 2.24) is 0 Å². The van der Waals surface area contributed by atoms with E-state index in [2.05, 4.69) is 10.5 Å². The Morgan fingerprint density at radius 1 is 1.50 bits per heavy atom. The third-order valence-electron chi connectivity index (χ3n) is 2.40. The third kappa shape index (κ3) is 2.16. The molecular formula is C10H6BFN4O2. The van der Waals surface area contributed by atoms with Crippen LogP contribution in [0, 0.1) is 28.5 Å². The van der Waals surface area contributed by atoms with Crippen molar-refractivity contribution < 1.29 is 14.1 Å². The molecule has 1 aromatic rings. The molecule has 0 fully saturated rings. The summed E-state index contributed by atoms with van der Waals surface area (Å²) in [7, 11) is -1.17. The van der Waals surface area contributed by atoms with Crippen LogP contribution in [0.5, 0.6) is 0 Å². The SMILES string of the molecule is N#CC(C#N)=NNc1cc(F)cc2c1COB2O. The molecule has 2 rings (SSSR count). The summed E-state index contributed by atoms with van der Waals surface area (Å²) in [5, 5.41) is 30.0. The summed E-state index contributed by atoms with van der Waals surface area (Å²) < 4.78 is 18.2. The zero-order chi connectivity index (χ0) is 13.1. The number of rotatable bonds is 2. The molecule has 1 aliphatic rings. The molecule has 1 aliphatic heterocycles. The Kier molecular flexibility index (Phi) is 3.24. The summed E-state index contributed by atoms with van der Waals surface area (Å²) in [6.45, 7) is 0.100. The van der Waals surface area contributed by atoms with Gasteiger partial charge in [0.05, 0.1) is 12.3 Å². The average molecular weight is 244 g/mol. The number of nitrogens with one attached hydrogen (secondary N) is 1. The number of anilines is 1. The Bertz CT molecular complexity index is 589. The highest BCUT2D eigenvalue weighted by Gasteiger charge is 2.30. The van der Waals surface area contributed by atoms with Gasteiger partial charge in [-0.25, -0.2) is 4.39 Å². The maximum Gasteiger partial charge on any atom is 0.491 e. The zero-order valence-corrected chi connectivity index (χ0v) is 9.01. The Balaban J connectivity index is 2.36. The van der Waals surface area contributed by atoms with E-state index in [1.54, 1.807) is 12.1 Å². The minimum absolute atomic E-state index is 0.100. The van der Waals surface area contributed by atoms with E-state index in [1.165, 1.54) is 0 Å². The van der Waals surface area contributed by atoms with Crippen molar-refractivity contribution in [3.05, 3.63) is 23.5 Å². The van der Waals surface area contributed by atoms with Crippen LogP contribution >= 0.6 is 0 Å². The van der Waals surface area contributed by atoms with Crippen molar-refractivity contribution in [2.75, 3.05) is 5.43 Å². The van der Waals surface area contributed by atoms with Crippen LogP contribution < -0.4 is 10.9 Å². The van der Waals surface area contributed by atoms with E-state index in [0.29, 0.717) is 11.0 Å². The van der Waals surface area contributed by atoms with E-state index in [9.17, 15) is 9.41 Å². The highest BCUT2D eigenvalue weighted by molar-refractivity contribution is 6.61. The number of fused-ring (bicyclic) bond motifs is 1. The predicted octanol–water partition coefficient (Wildman–Crippen LogP) is -0.142. The average Bonchev–Trinajstić information content (AvgIpc) is 2.72. The number of nitriles is 2. The van der Waals surface area contributed by atoms with Crippen molar-refractivity contribution in [3.8, 4) is 12.1 Å². The van der Waals surface area contributed by atoms with Gasteiger partial charge in [-0.2, -0.15) is 15.6 Å². The molecule has 0 saturated heterocycles. The molecule has 0 unspecified atom stereocenters. The van der Waals surface area contributed by atoms with E-state index in [4.69, 9.17) is 15.2 Å². The molecule has 0 bridgehead atoms. The molecule has 1 aromatic carbocycles. The van der Waals surface area contributed by atoms with E-state index < -0.39 is 12.9 Å². The van der Waals surface area contributed by atoms with Crippen molar-refractivity contribution in [2.24, 2.45) is 5.10 Å². The second kappa shape index (κ2) is 4.84. The van der Waals surface area contributed by atoms with Gasteiger partial charge in [-0.3, -0.25) is 5.43 Å². The summed E-state index contributed by atoms with van der Waals surface area (Å²) in [6.07, 6.45) is 0. The minimum Gasteiger partial charge on any atom is -0.423 e. The molecule has 0 atom stereocenters. The van der Waals surface area contributed by atoms with Gasteiger partial charge < -0.3 is 9.68 Å². The van der Waals surface area contributed by atoms with E-state index in [-0.39, 0.29) is 18.0 Å². The largest absolute Gasteiger partial charge is 0.491 e. The molecule has 0 aromatic heterocycles. The highest BCUT2D eigenvalue weighted by Crippen LogP contribution is 2.21. The van der Waals surface area contributed by atoms with Gasteiger partial charge in [0.2, 0.25) is 5.71 Å². The lowest BCUT2D eigenvalue weighted by molar-refractivity contribution is 0.275. The summed E-state index contributed by atoms with van der Waals surface area (Å²) >= 11 is 0. The molecule has 0 amide bonds. The number of hydrazone groups is 1. The minimum atomic E-state index is -1.17. The van der Waals surface area contributed by atoms with Crippen molar-refractivity contribution in [3.63, 3.8) is 0 Å². The van der Waals surface area contributed by atoms with Crippen molar-refractivity contribution >= 4 is 24.0 Å². The zero-order valence-electron chi connectivity index (χ0n) is 9.01. The number of hydrogen-bond donors (Lipinski definition) is 2. The molecular weight excluding hydrogens is 238 g/mol. The third-order valence-corrected chi connectivity index (χ3v) is 2.40. The first-order chi connectivity index (χ1) is 8.65. The molecule has 6 nitrogen and oxygen atoms in total. The predicted molar refractivity (Wildman–Crippen MR) is 61.1 cm³/mol. The second-order valence-corrected chi connectivity index (χ2v) is 3.48. The van der Waals surface area contributed by atoms with Gasteiger partial charge in [-0.15, -0.1) is 0 Å². The van der Waals surface area contributed by atoms with E-state index >= 15 is 0 Å². The molecule has 0 saturated carbocycles. The molecule has 0 aliphatic carbocycles. The van der Waals surface area contributed by atoms with Gasteiger partial charge in [0.1, 0.15) is 18.0 Å². The van der Waals surface area contributed by atoms with Gasteiger partial charge in [0.25, 0.3) is 0 Å². The van der Waals surface area contributed by atoms with Crippen LogP contribution in [0.25, 0.3) is 0 Å². The van der Waals surface area contributed by atoms with Crippen LogP contribution in [-0.2, 0) is 11.3 Å². The summed E-state index contributed by atoms with van der Waals surface area (Å²) in [5.74, 6) is -0.577. The highest BCUT2D eigenvalue weighted by atomic mass is 19.1. The Morgan fingerprint density at radius 3 is 2.89 bits per heavy atom. The molecule has 8 heteroatoms. The number of halogens is 1. The van der Waals surface area contributed by atoms with Crippen LogP contribution in [0.15, 0.2) is 17.2 Å². The van der Waals surface area contributed by atoms with Gasteiger partial charge in [0, 0.05) is 5.56 Å². The van der Waals surface area contributed by atoms with Gasteiger partial charge >= 0.3 is 7.12 Å². The first-order valence-electron chi connectivity index (χ1n) is 4.91. The monoisotopic (exact) mass is 244 g/mol. The van der Waals surface area contributed by atoms with Gasteiger partial charge in [0.15, 0.2) is 0 Å². The Hall–Kier alpha value is -2.42. The van der Waals surface area contributed by atoms with Gasteiger partial charge in [-0.1, -0.05) is 0 Å². The van der Waals surface area contributed by atoms with E-state index in [1.807, 2.05) is 0 Å². The van der Waals surface area contributed by atoms with Crippen LogP contribution in [0.2, 0.25) is 0 Å². The lowest BCUT2D eigenvalue weighted by Crippen LogP contribution is -2.28. The molecule has 88 valence electrons. The second-order valence-electron chi connectivity index (χ2n) is 3.48. The summed E-state index contributed by atoms with van der Waals surface area (Å²) in [5.41, 5.74) is 3.15. The Labute approximate surface area is 102 Å². The van der Waals surface area contributed by atoms with Gasteiger partial charge in [-0.05, 0) is 17.6 Å². The topological polar surface area (TPSA) is 101 Å². The molecule has 0 spiro atoms. The van der Waals surface area contributed by atoms with Crippen LogP contribution in [0.4, 0.5) is 10.1 Å². The Morgan fingerprint density at radius 2 is 2.22 bits per heavy atom.